The molecule has 76 valence electrons. The van der Waals surface area contributed by atoms with Crippen LogP contribution in [0.3, 0.4) is 0 Å². The number of benzene rings is 1. The number of aromatic hydroxyl groups is 1. The first-order valence-electron chi connectivity index (χ1n) is 4.30. The normalized spacial score (nSPS) is 11.4. The van der Waals surface area contributed by atoms with Crippen LogP contribution in [-0.2, 0) is 0 Å². The second-order valence-electron chi connectivity index (χ2n) is 2.89. The molecule has 4 nitrogen and oxygen atoms in total. The molecule has 3 N–H and O–H groups in total. The Morgan fingerprint density at radius 2 is 1.71 bits per heavy atom. The van der Waals surface area contributed by atoms with Crippen molar-refractivity contribution in [3.05, 3.63) is 29.8 Å². The maximum absolute atomic E-state index is 9.00. The lowest BCUT2D eigenvalue weighted by Gasteiger charge is -2.03. The van der Waals surface area contributed by atoms with E-state index in [2.05, 4.69) is 4.99 Å². The van der Waals surface area contributed by atoms with E-state index >= 15 is 0 Å². The molecule has 4 heteroatoms. The van der Waals surface area contributed by atoms with Gasteiger partial charge in [0.1, 0.15) is 5.75 Å². The van der Waals surface area contributed by atoms with Gasteiger partial charge in [0, 0.05) is 6.21 Å². The van der Waals surface area contributed by atoms with E-state index in [0.717, 1.165) is 5.56 Å². The van der Waals surface area contributed by atoms with Crippen LogP contribution in [0.5, 0.6) is 5.75 Å². The van der Waals surface area contributed by atoms with Gasteiger partial charge in [0.2, 0.25) is 0 Å². The third-order valence-electron chi connectivity index (χ3n) is 1.75. The molecule has 0 saturated heterocycles. The Balaban J connectivity index is 2.63. The molecule has 0 spiro atoms. The minimum absolute atomic E-state index is 0.176. The zero-order valence-corrected chi connectivity index (χ0v) is 7.67. The van der Waals surface area contributed by atoms with Gasteiger partial charge in [-0.3, -0.25) is 4.99 Å². The SMILES string of the molecule is OCC(CO)N=Cc1ccc(O)cc1. The van der Waals surface area contributed by atoms with E-state index in [1.807, 2.05) is 0 Å². The van der Waals surface area contributed by atoms with Crippen molar-refractivity contribution >= 4 is 6.21 Å². The van der Waals surface area contributed by atoms with Crippen LogP contribution < -0.4 is 0 Å². The Kier molecular flexibility index (Phi) is 4.10. The van der Waals surface area contributed by atoms with Crippen LogP contribution in [0, 0.1) is 0 Å². The third-order valence-corrected chi connectivity index (χ3v) is 1.75. The number of aliphatic hydroxyl groups is 2. The van der Waals surface area contributed by atoms with Crippen molar-refractivity contribution in [2.75, 3.05) is 13.2 Å². The molecule has 0 aliphatic carbocycles. The molecule has 0 unspecified atom stereocenters. The van der Waals surface area contributed by atoms with E-state index in [4.69, 9.17) is 15.3 Å². The minimum Gasteiger partial charge on any atom is -0.508 e. The van der Waals surface area contributed by atoms with Crippen molar-refractivity contribution in [1.29, 1.82) is 0 Å². The zero-order chi connectivity index (χ0) is 10.4. The second kappa shape index (κ2) is 5.36. The van der Waals surface area contributed by atoms with Crippen molar-refractivity contribution < 1.29 is 15.3 Å². The van der Waals surface area contributed by atoms with Crippen LogP contribution in [0.4, 0.5) is 0 Å². The molecular formula is C10H13NO3. The molecule has 0 aliphatic rings. The van der Waals surface area contributed by atoms with E-state index in [1.165, 1.54) is 0 Å². The first-order valence-corrected chi connectivity index (χ1v) is 4.30. The van der Waals surface area contributed by atoms with Crippen LogP contribution in [0.2, 0.25) is 0 Å². The van der Waals surface area contributed by atoms with Gasteiger partial charge in [0.15, 0.2) is 0 Å². The van der Waals surface area contributed by atoms with E-state index in [1.54, 1.807) is 30.5 Å². The van der Waals surface area contributed by atoms with E-state index in [9.17, 15) is 0 Å². The topological polar surface area (TPSA) is 73.0 Å². The summed E-state index contributed by atoms with van der Waals surface area (Å²) in [5, 5.41) is 26.5. The summed E-state index contributed by atoms with van der Waals surface area (Å²) in [5.41, 5.74) is 0.815. The fourth-order valence-electron chi connectivity index (χ4n) is 0.904. The van der Waals surface area contributed by atoms with Gasteiger partial charge < -0.3 is 15.3 Å². The molecule has 1 aromatic carbocycles. The summed E-state index contributed by atoms with van der Waals surface area (Å²) in [5.74, 6) is 0.197. The molecule has 0 amide bonds. The fraction of sp³-hybridized carbons (Fsp3) is 0.300. The van der Waals surface area contributed by atoms with Crippen LogP contribution in [0.1, 0.15) is 5.56 Å². The maximum Gasteiger partial charge on any atom is 0.115 e. The number of phenols is 1. The summed E-state index contributed by atoms with van der Waals surface area (Å²) < 4.78 is 0. The molecule has 1 aromatic rings. The molecular weight excluding hydrogens is 182 g/mol. The molecule has 1 rings (SSSR count). The van der Waals surface area contributed by atoms with Gasteiger partial charge in [-0.25, -0.2) is 0 Å². The Morgan fingerprint density at radius 1 is 1.14 bits per heavy atom. The van der Waals surface area contributed by atoms with E-state index in [-0.39, 0.29) is 19.0 Å². The highest BCUT2D eigenvalue weighted by atomic mass is 16.3. The summed E-state index contributed by atoms with van der Waals surface area (Å²) in [7, 11) is 0. The molecule has 0 aromatic heterocycles. The van der Waals surface area contributed by atoms with Gasteiger partial charge in [-0.1, -0.05) is 0 Å². The summed E-state index contributed by atoms with van der Waals surface area (Å²) in [6.07, 6.45) is 1.55. The smallest absolute Gasteiger partial charge is 0.115 e. The number of hydrogen-bond donors (Lipinski definition) is 3. The van der Waals surface area contributed by atoms with Crippen LogP contribution >= 0.6 is 0 Å². The van der Waals surface area contributed by atoms with Gasteiger partial charge >= 0.3 is 0 Å². The van der Waals surface area contributed by atoms with Crippen molar-refractivity contribution in [1.82, 2.24) is 0 Å². The predicted molar refractivity (Wildman–Crippen MR) is 53.7 cm³/mol. The lowest BCUT2D eigenvalue weighted by molar-refractivity contribution is 0.195. The highest BCUT2D eigenvalue weighted by molar-refractivity contribution is 5.79. The predicted octanol–water partition coefficient (Wildman–Crippen LogP) is 0.164. The Morgan fingerprint density at radius 3 is 2.21 bits per heavy atom. The largest absolute Gasteiger partial charge is 0.508 e. The molecule has 0 saturated carbocycles. The Labute approximate surface area is 82.2 Å². The summed E-state index contributed by atoms with van der Waals surface area (Å²) in [4.78, 5) is 3.95. The van der Waals surface area contributed by atoms with Gasteiger partial charge in [-0.05, 0) is 29.8 Å². The zero-order valence-electron chi connectivity index (χ0n) is 7.67. The average molecular weight is 195 g/mol. The molecule has 0 heterocycles. The number of hydrogen-bond acceptors (Lipinski definition) is 4. The van der Waals surface area contributed by atoms with Crippen molar-refractivity contribution in [3.63, 3.8) is 0 Å². The number of rotatable bonds is 4. The maximum atomic E-state index is 9.00. The lowest BCUT2D eigenvalue weighted by Crippen LogP contribution is -2.15. The standard InChI is InChI=1S/C10H13NO3/c12-6-9(7-13)11-5-8-1-3-10(14)4-2-8/h1-5,9,12-14H,6-7H2. The van der Waals surface area contributed by atoms with E-state index in [0.29, 0.717) is 0 Å². The number of aliphatic imine (C=N–C) groups is 1. The fourth-order valence-corrected chi connectivity index (χ4v) is 0.904. The van der Waals surface area contributed by atoms with Crippen LogP contribution in [0.25, 0.3) is 0 Å². The number of aliphatic hydroxyl groups excluding tert-OH is 2. The van der Waals surface area contributed by atoms with Crippen molar-refractivity contribution in [2.45, 2.75) is 6.04 Å². The number of phenolic OH excluding ortho intramolecular Hbond substituents is 1. The third kappa shape index (κ3) is 3.16. The van der Waals surface area contributed by atoms with Crippen molar-refractivity contribution in [2.24, 2.45) is 4.99 Å². The molecule has 0 fully saturated rings. The molecule has 0 aliphatic heterocycles. The number of nitrogens with zero attached hydrogens (tertiary/aromatic N) is 1. The first-order chi connectivity index (χ1) is 6.76. The second-order valence-corrected chi connectivity index (χ2v) is 2.89. The monoisotopic (exact) mass is 195 g/mol. The summed E-state index contributed by atoms with van der Waals surface area (Å²) >= 11 is 0. The molecule has 0 bridgehead atoms. The van der Waals surface area contributed by atoms with Crippen LogP contribution in [0.15, 0.2) is 29.3 Å². The molecule has 0 radical (unpaired) electrons. The Hall–Kier alpha value is -1.39. The Bertz CT molecular complexity index is 291. The van der Waals surface area contributed by atoms with Gasteiger partial charge in [-0.2, -0.15) is 0 Å². The molecule has 14 heavy (non-hydrogen) atoms. The van der Waals surface area contributed by atoms with Gasteiger partial charge in [-0.15, -0.1) is 0 Å². The van der Waals surface area contributed by atoms with Gasteiger partial charge in [0.25, 0.3) is 0 Å². The first kappa shape index (κ1) is 10.7. The van der Waals surface area contributed by atoms with Gasteiger partial charge in [0.05, 0.1) is 19.3 Å². The minimum atomic E-state index is -0.469. The highest BCUT2D eigenvalue weighted by Crippen LogP contribution is 2.07. The molecule has 0 atom stereocenters. The van der Waals surface area contributed by atoms with Crippen molar-refractivity contribution in [3.8, 4) is 5.75 Å². The van der Waals surface area contributed by atoms with E-state index < -0.39 is 6.04 Å². The quantitative estimate of drug-likeness (QED) is 0.599. The highest BCUT2D eigenvalue weighted by Gasteiger charge is 2.00. The summed E-state index contributed by atoms with van der Waals surface area (Å²) in [6, 6.07) is 6.03. The average Bonchev–Trinajstić information content (AvgIpc) is 2.22. The lowest BCUT2D eigenvalue weighted by atomic mass is 10.2. The van der Waals surface area contributed by atoms with Crippen LogP contribution in [-0.4, -0.2) is 40.8 Å². The summed E-state index contributed by atoms with van der Waals surface area (Å²) in [6.45, 7) is -0.351.